The standard InChI is InChI=1S/C15H18N2O/c1-17-6-3-15(4-7-17)10-18-14-9-13-11(2-5-16-13)8-12(14)15/h2,5,8-9,16H,3-4,6-7,10H2,1H3. The number of hydrogen-bond acceptors (Lipinski definition) is 2. The molecule has 3 heterocycles. The lowest BCUT2D eigenvalue weighted by Gasteiger charge is -2.36. The highest BCUT2D eigenvalue weighted by Crippen LogP contribution is 2.46. The molecule has 0 bridgehead atoms. The Morgan fingerprint density at radius 1 is 1.28 bits per heavy atom. The normalized spacial score (nSPS) is 22.3. The van der Waals surface area contributed by atoms with Crippen molar-refractivity contribution in [1.29, 1.82) is 0 Å². The first-order chi connectivity index (χ1) is 8.77. The van der Waals surface area contributed by atoms with Gasteiger partial charge in [-0.2, -0.15) is 0 Å². The van der Waals surface area contributed by atoms with Crippen LogP contribution in [0, 0.1) is 0 Å². The number of ether oxygens (including phenoxy) is 1. The van der Waals surface area contributed by atoms with E-state index in [0.29, 0.717) is 0 Å². The molecule has 0 aliphatic carbocycles. The molecule has 94 valence electrons. The fourth-order valence-corrected chi connectivity index (χ4v) is 3.37. The molecule has 2 aliphatic rings. The van der Waals surface area contributed by atoms with Crippen molar-refractivity contribution in [3.63, 3.8) is 0 Å². The van der Waals surface area contributed by atoms with Gasteiger partial charge in [-0.05, 0) is 50.5 Å². The molecule has 1 saturated heterocycles. The molecule has 1 aromatic carbocycles. The summed E-state index contributed by atoms with van der Waals surface area (Å²) < 4.78 is 5.97. The van der Waals surface area contributed by atoms with Crippen molar-refractivity contribution in [1.82, 2.24) is 9.88 Å². The molecule has 0 amide bonds. The Kier molecular flexibility index (Phi) is 2.04. The molecule has 1 aromatic heterocycles. The van der Waals surface area contributed by atoms with Gasteiger partial charge in [0.1, 0.15) is 5.75 Å². The molecular weight excluding hydrogens is 224 g/mol. The van der Waals surface area contributed by atoms with E-state index in [9.17, 15) is 0 Å². The van der Waals surface area contributed by atoms with Gasteiger partial charge in [0.25, 0.3) is 0 Å². The summed E-state index contributed by atoms with van der Waals surface area (Å²) in [5, 5.41) is 1.30. The number of rotatable bonds is 0. The van der Waals surface area contributed by atoms with Crippen LogP contribution in [0.2, 0.25) is 0 Å². The first-order valence-corrected chi connectivity index (χ1v) is 6.70. The van der Waals surface area contributed by atoms with Crippen molar-refractivity contribution in [2.45, 2.75) is 18.3 Å². The van der Waals surface area contributed by atoms with E-state index in [2.05, 4.69) is 35.1 Å². The minimum Gasteiger partial charge on any atom is -0.492 e. The Morgan fingerprint density at radius 3 is 2.94 bits per heavy atom. The predicted octanol–water partition coefficient (Wildman–Crippen LogP) is 2.52. The predicted molar refractivity (Wildman–Crippen MR) is 72.2 cm³/mol. The number of benzene rings is 1. The van der Waals surface area contributed by atoms with Gasteiger partial charge >= 0.3 is 0 Å². The SMILES string of the molecule is CN1CCC2(CC1)COc1cc3[nH]ccc3cc12. The molecule has 1 N–H and O–H groups in total. The molecule has 3 nitrogen and oxygen atoms in total. The third-order valence-electron chi connectivity index (χ3n) is 4.67. The quantitative estimate of drug-likeness (QED) is 0.769. The van der Waals surface area contributed by atoms with E-state index in [1.54, 1.807) is 0 Å². The maximum Gasteiger partial charge on any atom is 0.125 e. The van der Waals surface area contributed by atoms with E-state index < -0.39 is 0 Å². The van der Waals surface area contributed by atoms with Crippen LogP contribution < -0.4 is 4.74 Å². The number of likely N-dealkylation sites (tertiary alicyclic amines) is 1. The number of hydrogen-bond donors (Lipinski definition) is 1. The van der Waals surface area contributed by atoms with Gasteiger partial charge in [-0.25, -0.2) is 0 Å². The van der Waals surface area contributed by atoms with Crippen LogP contribution in [0.5, 0.6) is 5.75 Å². The van der Waals surface area contributed by atoms with E-state index in [1.165, 1.54) is 42.4 Å². The van der Waals surface area contributed by atoms with Gasteiger partial charge in [0, 0.05) is 28.8 Å². The average molecular weight is 242 g/mol. The van der Waals surface area contributed by atoms with Crippen LogP contribution in [0.15, 0.2) is 24.4 Å². The molecule has 0 saturated carbocycles. The second-order valence-corrected chi connectivity index (χ2v) is 5.79. The van der Waals surface area contributed by atoms with E-state index in [0.717, 1.165) is 12.4 Å². The van der Waals surface area contributed by atoms with Crippen molar-refractivity contribution >= 4 is 10.9 Å². The highest BCUT2D eigenvalue weighted by atomic mass is 16.5. The number of aromatic amines is 1. The van der Waals surface area contributed by atoms with Crippen LogP contribution in [0.1, 0.15) is 18.4 Å². The number of piperidine rings is 1. The highest BCUT2D eigenvalue weighted by Gasteiger charge is 2.42. The van der Waals surface area contributed by atoms with Crippen LogP contribution >= 0.6 is 0 Å². The first-order valence-electron chi connectivity index (χ1n) is 6.70. The Hall–Kier alpha value is -1.48. The number of fused-ring (bicyclic) bond motifs is 3. The summed E-state index contributed by atoms with van der Waals surface area (Å²) in [6, 6.07) is 6.65. The summed E-state index contributed by atoms with van der Waals surface area (Å²) in [6.07, 6.45) is 4.43. The van der Waals surface area contributed by atoms with Crippen LogP contribution in [0.25, 0.3) is 10.9 Å². The molecule has 18 heavy (non-hydrogen) atoms. The lowest BCUT2D eigenvalue weighted by atomic mass is 9.74. The smallest absolute Gasteiger partial charge is 0.125 e. The Morgan fingerprint density at radius 2 is 2.11 bits per heavy atom. The molecule has 2 aromatic rings. The summed E-state index contributed by atoms with van der Waals surface area (Å²) >= 11 is 0. The zero-order chi connectivity index (χ0) is 12.2. The summed E-state index contributed by atoms with van der Waals surface area (Å²) in [5.41, 5.74) is 2.88. The number of nitrogens with zero attached hydrogens (tertiary/aromatic N) is 1. The summed E-state index contributed by atoms with van der Waals surface area (Å²) in [4.78, 5) is 5.67. The van der Waals surface area contributed by atoms with Crippen molar-refractivity contribution in [3.05, 3.63) is 30.0 Å². The lowest BCUT2D eigenvalue weighted by molar-refractivity contribution is 0.155. The van der Waals surface area contributed by atoms with Gasteiger partial charge in [-0.15, -0.1) is 0 Å². The van der Waals surface area contributed by atoms with Gasteiger partial charge in [-0.3, -0.25) is 0 Å². The molecule has 1 fully saturated rings. The number of aromatic nitrogens is 1. The average Bonchev–Trinajstić information content (AvgIpc) is 2.96. The van der Waals surface area contributed by atoms with Crippen LogP contribution in [0.4, 0.5) is 0 Å². The van der Waals surface area contributed by atoms with Crippen LogP contribution in [-0.4, -0.2) is 36.6 Å². The Bertz CT molecular complexity index is 594. The van der Waals surface area contributed by atoms with E-state index in [1.807, 2.05) is 6.20 Å². The van der Waals surface area contributed by atoms with E-state index in [4.69, 9.17) is 4.74 Å². The molecule has 1 spiro atoms. The van der Waals surface area contributed by atoms with Crippen LogP contribution in [-0.2, 0) is 5.41 Å². The summed E-state index contributed by atoms with van der Waals surface area (Å²) in [5.74, 6) is 1.09. The Balaban J connectivity index is 1.83. The lowest BCUT2D eigenvalue weighted by Crippen LogP contribution is -2.41. The zero-order valence-electron chi connectivity index (χ0n) is 10.7. The van der Waals surface area contributed by atoms with Gasteiger partial charge in [-0.1, -0.05) is 0 Å². The minimum atomic E-state index is 0.271. The van der Waals surface area contributed by atoms with E-state index in [-0.39, 0.29) is 5.41 Å². The third-order valence-corrected chi connectivity index (χ3v) is 4.67. The zero-order valence-corrected chi connectivity index (χ0v) is 10.7. The molecule has 4 rings (SSSR count). The maximum atomic E-state index is 5.97. The molecule has 3 heteroatoms. The highest BCUT2D eigenvalue weighted by molar-refractivity contribution is 5.83. The molecule has 0 unspecified atom stereocenters. The second-order valence-electron chi connectivity index (χ2n) is 5.79. The fraction of sp³-hybridized carbons (Fsp3) is 0.467. The first kappa shape index (κ1) is 10.4. The Labute approximate surface area is 107 Å². The van der Waals surface area contributed by atoms with Gasteiger partial charge in [0.15, 0.2) is 0 Å². The topological polar surface area (TPSA) is 28.3 Å². The van der Waals surface area contributed by atoms with Gasteiger partial charge in [0.2, 0.25) is 0 Å². The monoisotopic (exact) mass is 242 g/mol. The van der Waals surface area contributed by atoms with Crippen molar-refractivity contribution in [2.24, 2.45) is 0 Å². The summed E-state index contributed by atoms with van der Waals surface area (Å²) in [6.45, 7) is 3.21. The van der Waals surface area contributed by atoms with Gasteiger partial charge < -0.3 is 14.6 Å². The van der Waals surface area contributed by atoms with Crippen molar-refractivity contribution in [3.8, 4) is 5.75 Å². The largest absolute Gasteiger partial charge is 0.492 e. The molecular formula is C15H18N2O. The molecule has 0 atom stereocenters. The number of nitrogens with one attached hydrogen (secondary N) is 1. The fourth-order valence-electron chi connectivity index (χ4n) is 3.37. The second kappa shape index (κ2) is 3.51. The molecule has 2 aliphatic heterocycles. The number of H-pyrrole nitrogens is 1. The van der Waals surface area contributed by atoms with Crippen molar-refractivity contribution in [2.75, 3.05) is 26.7 Å². The third kappa shape index (κ3) is 1.34. The van der Waals surface area contributed by atoms with Gasteiger partial charge in [0.05, 0.1) is 6.61 Å². The van der Waals surface area contributed by atoms with Crippen LogP contribution in [0.3, 0.4) is 0 Å². The summed E-state index contributed by atoms with van der Waals surface area (Å²) in [7, 11) is 2.21. The van der Waals surface area contributed by atoms with Crippen molar-refractivity contribution < 1.29 is 4.74 Å². The minimum absolute atomic E-state index is 0.271. The maximum absolute atomic E-state index is 5.97. The molecule has 0 radical (unpaired) electrons. The van der Waals surface area contributed by atoms with E-state index >= 15 is 0 Å².